The van der Waals surface area contributed by atoms with Crippen molar-refractivity contribution in [1.82, 2.24) is 9.88 Å². The number of para-hydroxylation sites is 1. The van der Waals surface area contributed by atoms with E-state index in [4.69, 9.17) is 19.2 Å². The first-order chi connectivity index (χ1) is 16.5. The summed E-state index contributed by atoms with van der Waals surface area (Å²) >= 11 is 0. The molecule has 1 aliphatic heterocycles. The van der Waals surface area contributed by atoms with Crippen LogP contribution in [0.2, 0.25) is 0 Å². The molecule has 2 aromatic carbocycles. The molecule has 0 N–H and O–H groups in total. The Hall–Kier alpha value is -3.48. The number of pyridine rings is 1. The molecule has 1 saturated heterocycles. The number of aromatic nitrogens is 1. The first-order valence-electron chi connectivity index (χ1n) is 11.8. The van der Waals surface area contributed by atoms with Gasteiger partial charge in [0.25, 0.3) is 0 Å². The first kappa shape index (κ1) is 23.7. The predicted octanol–water partition coefficient (Wildman–Crippen LogP) is 4.24. The minimum Gasteiger partial charge on any atom is -0.494 e. The fourth-order valence-corrected chi connectivity index (χ4v) is 4.44. The van der Waals surface area contributed by atoms with Crippen molar-refractivity contribution in [3.05, 3.63) is 53.6 Å². The number of hydrogen-bond acceptors (Lipinski definition) is 6. The van der Waals surface area contributed by atoms with Crippen LogP contribution in [0.5, 0.6) is 17.2 Å². The largest absolute Gasteiger partial charge is 0.494 e. The maximum atomic E-state index is 12.9. The van der Waals surface area contributed by atoms with Gasteiger partial charge < -0.3 is 24.0 Å². The van der Waals surface area contributed by atoms with Crippen molar-refractivity contribution in [3.8, 4) is 17.2 Å². The second kappa shape index (κ2) is 10.6. The van der Waals surface area contributed by atoms with Gasteiger partial charge in [-0.3, -0.25) is 4.79 Å². The van der Waals surface area contributed by atoms with Crippen LogP contribution in [0.15, 0.2) is 42.5 Å². The number of aryl methyl sites for hydroxylation is 2. The highest BCUT2D eigenvalue weighted by molar-refractivity contribution is 5.89. The SMILES string of the molecule is CCOc1ccc(CCC(=O)N2CCN(c3cc(C)c4cccc(OC)c4n3)CC2)cc1OC. The summed E-state index contributed by atoms with van der Waals surface area (Å²) < 4.78 is 16.5. The summed E-state index contributed by atoms with van der Waals surface area (Å²) in [5, 5.41) is 1.10. The number of hydrogen-bond donors (Lipinski definition) is 0. The molecule has 4 rings (SSSR count). The second-order valence-electron chi connectivity index (χ2n) is 8.44. The van der Waals surface area contributed by atoms with E-state index in [9.17, 15) is 4.79 Å². The van der Waals surface area contributed by atoms with E-state index < -0.39 is 0 Å². The maximum Gasteiger partial charge on any atom is 0.223 e. The molecule has 0 saturated carbocycles. The average molecular weight is 464 g/mol. The van der Waals surface area contributed by atoms with Crippen LogP contribution in [0.4, 0.5) is 5.82 Å². The van der Waals surface area contributed by atoms with Crippen LogP contribution in [-0.4, -0.2) is 62.8 Å². The molecule has 180 valence electrons. The highest BCUT2D eigenvalue weighted by Gasteiger charge is 2.23. The number of methoxy groups -OCH3 is 2. The van der Waals surface area contributed by atoms with Crippen LogP contribution in [-0.2, 0) is 11.2 Å². The summed E-state index contributed by atoms with van der Waals surface area (Å²) in [6, 6.07) is 14.0. The lowest BCUT2D eigenvalue weighted by Crippen LogP contribution is -2.49. The van der Waals surface area contributed by atoms with Crippen molar-refractivity contribution in [2.24, 2.45) is 0 Å². The van der Waals surface area contributed by atoms with Crippen molar-refractivity contribution in [2.45, 2.75) is 26.7 Å². The zero-order chi connectivity index (χ0) is 24.1. The molecule has 0 atom stereocenters. The summed E-state index contributed by atoms with van der Waals surface area (Å²) in [6.45, 7) is 7.53. The second-order valence-corrected chi connectivity index (χ2v) is 8.44. The zero-order valence-electron chi connectivity index (χ0n) is 20.5. The number of fused-ring (bicyclic) bond motifs is 1. The Morgan fingerprint density at radius 3 is 2.44 bits per heavy atom. The standard InChI is InChI=1S/C27H33N3O4/c1-5-34-22-11-9-20(18-24(22)33-4)10-12-26(31)30-15-13-29(14-16-30)25-17-19(2)21-7-6-8-23(32-3)27(21)28-25/h6-9,11,17-18H,5,10,12-16H2,1-4H3. The van der Waals surface area contributed by atoms with Crippen LogP contribution in [0.25, 0.3) is 10.9 Å². The van der Waals surface area contributed by atoms with Gasteiger partial charge >= 0.3 is 0 Å². The molecule has 34 heavy (non-hydrogen) atoms. The molecule has 0 unspecified atom stereocenters. The minimum absolute atomic E-state index is 0.178. The van der Waals surface area contributed by atoms with E-state index in [2.05, 4.69) is 24.0 Å². The Morgan fingerprint density at radius 2 is 1.74 bits per heavy atom. The Morgan fingerprint density at radius 1 is 0.971 bits per heavy atom. The molecule has 2 heterocycles. The monoisotopic (exact) mass is 463 g/mol. The zero-order valence-corrected chi connectivity index (χ0v) is 20.5. The Labute approximate surface area is 201 Å². The molecule has 1 fully saturated rings. The molecule has 0 radical (unpaired) electrons. The number of rotatable bonds is 8. The molecular weight excluding hydrogens is 430 g/mol. The lowest BCUT2D eigenvalue weighted by atomic mass is 10.1. The van der Waals surface area contributed by atoms with Gasteiger partial charge in [-0.25, -0.2) is 4.98 Å². The van der Waals surface area contributed by atoms with Gasteiger partial charge in [-0.2, -0.15) is 0 Å². The van der Waals surface area contributed by atoms with Gasteiger partial charge in [0.1, 0.15) is 17.1 Å². The molecule has 3 aromatic rings. The number of carbonyl (C=O) groups is 1. The summed E-state index contributed by atoms with van der Waals surface area (Å²) in [4.78, 5) is 22.0. The summed E-state index contributed by atoms with van der Waals surface area (Å²) in [6.07, 6.45) is 1.15. The maximum absolute atomic E-state index is 12.9. The van der Waals surface area contributed by atoms with Gasteiger partial charge in [-0.05, 0) is 55.7 Å². The van der Waals surface area contributed by atoms with Gasteiger partial charge in [-0.1, -0.05) is 18.2 Å². The third-order valence-corrected chi connectivity index (χ3v) is 6.33. The van der Waals surface area contributed by atoms with E-state index in [1.807, 2.05) is 42.2 Å². The molecule has 7 heteroatoms. The van der Waals surface area contributed by atoms with Gasteiger partial charge in [0.05, 0.1) is 20.8 Å². The smallest absolute Gasteiger partial charge is 0.223 e. The van der Waals surface area contributed by atoms with Gasteiger partial charge in [-0.15, -0.1) is 0 Å². The van der Waals surface area contributed by atoms with Crippen molar-refractivity contribution < 1.29 is 19.0 Å². The van der Waals surface area contributed by atoms with Crippen LogP contribution in [0, 0.1) is 6.92 Å². The first-order valence-corrected chi connectivity index (χ1v) is 11.8. The van der Waals surface area contributed by atoms with E-state index in [1.54, 1.807) is 14.2 Å². The van der Waals surface area contributed by atoms with Gasteiger partial charge in [0.15, 0.2) is 11.5 Å². The van der Waals surface area contributed by atoms with E-state index >= 15 is 0 Å². The van der Waals surface area contributed by atoms with Crippen LogP contribution >= 0.6 is 0 Å². The summed E-state index contributed by atoms with van der Waals surface area (Å²) in [7, 11) is 3.31. The molecule has 0 spiro atoms. The molecule has 1 aromatic heterocycles. The number of ether oxygens (including phenoxy) is 3. The van der Waals surface area contributed by atoms with Crippen LogP contribution in [0.3, 0.4) is 0 Å². The van der Waals surface area contributed by atoms with Crippen LogP contribution < -0.4 is 19.1 Å². The number of amides is 1. The van der Waals surface area contributed by atoms with Crippen molar-refractivity contribution >= 4 is 22.6 Å². The molecule has 1 aliphatic rings. The minimum atomic E-state index is 0.178. The average Bonchev–Trinajstić information content (AvgIpc) is 2.87. The number of nitrogens with zero attached hydrogens (tertiary/aromatic N) is 3. The number of benzene rings is 2. The van der Waals surface area contributed by atoms with E-state index in [0.717, 1.165) is 46.9 Å². The molecule has 7 nitrogen and oxygen atoms in total. The fourth-order valence-electron chi connectivity index (χ4n) is 4.44. The number of anilines is 1. The van der Waals surface area contributed by atoms with Crippen LogP contribution in [0.1, 0.15) is 24.5 Å². The predicted molar refractivity (Wildman–Crippen MR) is 134 cm³/mol. The third kappa shape index (κ3) is 5.03. The highest BCUT2D eigenvalue weighted by atomic mass is 16.5. The molecule has 0 aliphatic carbocycles. The van der Waals surface area contributed by atoms with Crippen molar-refractivity contribution in [3.63, 3.8) is 0 Å². The third-order valence-electron chi connectivity index (χ3n) is 6.33. The molecule has 1 amide bonds. The quantitative estimate of drug-likeness (QED) is 0.498. The fraction of sp³-hybridized carbons (Fsp3) is 0.407. The van der Waals surface area contributed by atoms with Crippen molar-refractivity contribution in [1.29, 1.82) is 0 Å². The normalized spacial score (nSPS) is 13.8. The Kier molecular flexibility index (Phi) is 7.40. The number of piperazine rings is 1. The number of carbonyl (C=O) groups excluding carboxylic acids is 1. The summed E-state index contributed by atoms with van der Waals surface area (Å²) in [5.41, 5.74) is 3.12. The lowest BCUT2D eigenvalue weighted by molar-refractivity contribution is -0.131. The lowest BCUT2D eigenvalue weighted by Gasteiger charge is -2.35. The van der Waals surface area contributed by atoms with Gasteiger partial charge in [0, 0.05) is 38.0 Å². The van der Waals surface area contributed by atoms with E-state index in [-0.39, 0.29) is 5.91 Å². The Balaban J connectivity index is 1.36. The van der Waals surface area contributed by atoms with E-state index in [1.165, 1.54) is 5.56 Å². The summed E-state index contributed by atoms with van der Waals surface area (Å²) in [5.74, 6) is 3.32. The Bertz CT molecular complexity index is 1160. The van der Waals surface area contributed by atoms with Gasteiger partial charge in [0.2, 0.25) is 5.91 Å². The highest BCUT2D eigenvalue weighted by Crippen LogP contribution is 2.30. The van der Waals surface area contributed by atoms with Crippen molar-refractivity contribution in [2.75, 3.05) is 51.9 Å². The molecular formula is C27H33N3O4. The van der Waals surface area contributed by atoms with E-state index in [0.29, 0.717) is 38.3 Å². The molecule has 0 bridgehead atoms. The topological polar surface area (TPSA) is 64.1 Å².